The second-order valence-electron chi connectivity index (χ2n) is 6.77. The van der Waals surface area contributed by atoms with Gasteiger partial charge < -0.3 is 14.9 Å². The van der Waals surface area contributed by atoms with Crippen molar-refractivity contribution < 1.29 is 14.4 Å². The van der Waals surface area contributed by atoms with Crippen LogP contribution in [0.1, 0.15) is 67.2 Å². The maximum Gasteiger partial charge on any atom is 0.259 e. The van der Waals surface area contributed by atoms with Gasteiger partial charge in [-0.05, 0) is 30.7 Å². The third-order valence-electron chi connectivity index (χ3n) is 4.20. The zero-order valence-corrected chi connectivity index (χ0v) is 13.8. The highest BCUT2D eigenvalue weighted by Crippen LogP contribution is 2.41. The van der Waals surface area contributed by atoms with Gasteiger partial charge in [-0.3, -0.25) is 4.79 Å². The number of hydrogen-bond donors (Lipinski definition) is 2. The van der Waals surface area contributed by atoms with E-state index in [0.717, 1.165) is 24.2 Å². The van der Waals surface area contributed by atoms with Gasteiger partial charge in [-0.25, -0.2) is 4.98 Å². The monoisotopic (exact) mass is 317 g/mol. The molecule has 0 aliphatic heterocycles. The minimum absolute atomic E-state index is 0.0197. The van der Waals surface area contributed by atoms with Crippen molar-refractivity contribution in [2.45, 2.75) is 45.4 Å². The molecular formula is C17H23N3O3. The van der Waals surface area contributed by atoms with E-state index in [0.29, 0.717) is 29.1 Å². The summed E-state index contributed by atoms with van der Waals surface area (Å²) in [6.45, 7) is 6.39. The first-order valence-electron chi connectivity index (χ1n) is 8.20. The summed E-state index contributed by atoms with van der Waals surface area (Å²) in [5, 5.41) is 16.8. The molecule has 1 fully saturated rings. The van der Waals surface area contributed by atoms with E-state index in [4.69, 9.17) is 9.63 Å². The highest BCUT2D eigenvalue weighted by atomic mass is 16.5. The van der Waals surface area contributed by atoms with Crippen LogP contribution in [0.2, 0.25) is 0 Å². The number of carbonyl (C=O) groups excluding carboxylic acids is 1. The number of nitrogens with one attached hydrogen (secondary N) is 1. The van der Waals surface area contributed by atoms with Gasteiger partial charge >= 0.3 is 0 Å². The fourth-order valence-electron chi connectivity index (χ4n) is 2.58. The predicted molar refractivity (Wildman–Crippen MR) is 86.5 cm³/mol. The highest BCUT2D eigenvalue weighted by molar-refractivity contribution is 6.06. The Hall–Kier alpha value is -1.95. The summed E-state index contributed by atoms with van der Waals surface area (Å²) in [7, 11) is 0. The standard InChI is InChI=1S/C17H23N3O3/c1-9(2)15-14-12(16(22)18-7-10(3)8-21)6-13(11-4-5-11)19-17(14)23-20-15/h6,9-11,21H,4-5,7-8H2,1-3H3,(H,18,22). The van der Waals surface area contributed by atoms with Crippen LogP contribution in [0.3, 0.4) is 0 Å². The molecule has 1 amide bonds. The molecule has 2 N–H and O–H groups in total. The lowest BCUT2D eigenvalue weighted by Gasteiger charge is -2.11. The molecule has 0 aromatic carbocycles. The van der Waals surface area contributed by atoms with Crippen molar-refractivity contribution in [1.29, 1.82) is 0 Å². The fourth-order valence-corrected chi connectivity index (χ4v) is 2.58. The van der Waals surface area contributed by atoms with Crippen LogP contribution in [-0.4, -0.2) is 34.3 Å². The summed E-state index contributed by atoms with van der Waals surface area (Å²) in [5.41, 5.74) is 2.69. The molecule has 2 aromatic rings. The summed E-state index contributed by atoms with van der Waals surface area (Å²) < 4.78 is 5.39. The van der Waals surface area contributed by atoms with E-state index < -0.39 is 0 Å². The van der Waals surface area contributed by atoms with Crippen LogP contribution < -0.4 is 5.32 Å². The van der Waals surface area contributed by atoms with E-state index in [1.807, 2.05) is 26.8 Å². The fraction of sp³-hybridized carbons (Fsp3) is 0.588. The number of aromatic nitrogens is 2. The Morgan fingerprint density at radius 1 is 1.43 bits per heavy atom. The van der Waals surface area contributed by atoms with Crippen LogP contribution in [0.15, 0.2) is 10.6 Å². The molecule has 1 unspecified atom stereocenters. The van der Waals surface area contributed by atoms with Gasteiger partial charge in [-0.15, -0.1) is 0 Å². The molecule has 1 atom stereocenters. The summed E-state index contributed by atoms with van der Waals surface area (Å²) in [6, 6.07) is 1.88. The van der Waals surface area contributed by atoms with Crippen molar-refractivity contribution in [3.05, 3.63) is 23.0 Å². The molecule has 2 heterocycles. The molecule has 2 aromatic heterocycles. The molecule has 0 radical (unpaired) electrons. The topological polar surface area (TPSA) is 88.2 Å². The van der Waals surface area contributed by atoms with Gasteiger partial charge in [0.25, 0.3) is 11.6 Å². The zero-order valence-electron chi connectivity index (χ0n) is 13.8. The molecule has 23 heavy (non-hydrogen) atoms. The summed E-state index contributed by atoms with van der Waals surface area (Å²) in [5.74, 6) is 0.429. The molecule has 6 heteroatoms. The van der Waals surface area contributed by atoms with E-state index in [-0.39, 0.29) is 24.3 Å². The number of aliphatic hydroxyl groups excluding tert-OH is 1. The number of rotatable bonds is 6. The van der Waals surface area contributed by atoms with Gasteiger partial charge in [0.15, 0.2) is 0 Å². The van der Waals surface area contributed by atoms with Gasteiger partial charge in [0.05, 0.1) is 16.6 Å². The van der Waals surface area contributed by atoms with Gasteiger partial charge in [-0.1, -0.05) is 25.9 Å². The minimum Gasteiger partial charge on any atom is -0.396 e. The minimum atomic E-state index is -0.162. The Bertz CT molecular complexity index is 719. The van der Waals surface area contributed by atoms with E-state index in [1.165, 1.54) is 0 Å². The number of carbonyl (C=O) groups is 1. The van der Waals surface area contributed by atoms with Crippen LogP contribution >= 0.6 is 0 Å². The summed E-state index contributed by atoms with van der Waals surface area (Å²) in [6.07, 6.45) is 2.21. The van der Waals surface area contributed by atoms with Crippen molar-refractivity contribution in [2.24, 2.45) is 5.92 Å². The maximum atomic E-state index is 12.7. The second-order valence-corrected chi connectivity index (χ2v) is 6.77. The second kappa shape index (κ2) is 6.28. The molecule has 124 valence electrons. The lowest BCUT2D eigenvalue weighted by atomic mass is 10.0. The Labute approximate surface area is 135 Å². The lowest BCUT2D eigenvalue weighted by Crippen LogP contribution is -2.30. The van der Waals surface area contributed by atoms with Crippen LogP contribution in [0.4, 0.5) is 0 Å². The molecule has 1 saturated carbocycles. The number of amides is 1. The van der Waals surface area contributed by atoms with Gasteiger partial charge in [0.1, 0.15) is 0 Å². The number of pyridine rings is 1. The summed E-state index contributed by atoms with van der Waals surface area (Å²) in [4.78, 5) is 17.2. The molecule has 0 bridgehead atoms. The Morgan fingerprint density at radius 2 is 2.17 bits per heavy atom. The molecule has 0 spiro atoms. The van der Waals surface area contributed by atoms with Crippen molar-refractivity contribution in [3.63, 3.8) is 0 Å². The van der Waals surface area contributed by atoms with E-state index >= 15 is 0 Å². The number of hydrogen-bond acceptors (Lipinski definition) is 5. The Balaban J connectivity index is 2.01. The maximum absolute atomic E-state index is 12.7. The van der Waals surface area contributed by atoms with Crippen LogP contribution in [-0.2, 0) is 0 Å². The third-order valence-corrected chi connectivity index (χ3v) is 4.20. The summed E-state index contributed by atoms with van der Waals surface area (Å²) >= 11 is 0. The van der Waals surface area contributed by atoms with Crippen LogP contribution in [0.5, 0.6) is 0 Å². The molecule has 0 saturated heterocycles. The first-order chi connectivity index (χ1) is 11.0. The normalized spacial score (nSPS) is 16.0. The molecule has 1 aliphatic carbocycles. The third kappa shape index (κ3) is 3.22. The Kier molecular flexibility index (Phi) is 4.35. The molecule has 6 nitrogen and oxygen atoms in total. The highest BCUT2D eigenvalue weighted by Gasteiger charge is 2.29. The van der Waals surface area contributed by atoms with E-state index in [2.05, 4.69) is 15.5 Å². The zero-order chi connectivity index (χ0) is 16.6. The largest absolute Gasteiger partial charge is 0.396 e. The van der Waals surface area contributed by atoms with Crippen molar-refractivity contribution in [3.8, 4) is 0 Å². The van der Waals surface area contributed by atoms with Gasteiger partial charge in [-0.2, -0.15) is 0 Å². The van der Waals surface area contributed by atoms with E-state index in [9.17, 15) is 4.79 Å². The first kappa shape index (κ1) is 15.9. The molecular weight excluding hydrogens is 294 g/mol. The Morgan fingerprint density at radius 3 is 2.78 bits per heavy atom. The smallest absolute Gasteiger partial charge is 0.259 e. The molecule has 3 rings (SSSR count). The van der Waals surface area contributed by atoms with Crippen LogP contribution in [0.25, 0.3) is 11.1 Å². The van der Waals surface area contributed by atoms with Crippen molar-refractivity contribution >= 4 is 17.0 Å². The number of fused-ring (bicyclic) bond motifs is 1. The van der Waals surface area contributed by atoms with Crippen molar-refractivity contribution in [1.82, 2.24) is 15.5 Å². The van der Waals surface area contributed by atoms with Gasteiger partial charge in [0, 0.05) is 24.8 Å². The first-order valence-corrected chi connectivity index (χ1v) is 8.20. The predicted octanol–water partition coefficient (Wildman–Crippen LogP) is 2.58. The molecule has 1 aliphatic rings. The van der Waals surface area contributed by atoms with E-state index in [1.54, 1.807) is 0 Å². The SMILES string of the molecule is CC(CO)CNC(=O)c1cc(C2CC2)nc2onc(C(C)C)c12. The average molecular weight is 317 g/mol. The number of nitrogens with zero attached hydrogens (tertiary/aromatic N) is 2. The van der Waals surface area contributed by atoms with Gasteiger partial charge in [0.2, 0.25) is 0 Å². The average Bonchev–Trinajstić information content (AvgIpc) is 3.30. The lowest BCUT2D eigenvalue weighted by molar-refractivity contribution is 0.0943. The van der Waals surface area contributed by atoms with Crippen molar-refractivity contribution in [2.75, 3.05) is 13.2 Å². The quantitative estimate of drug-likeness (QED) is 0.855. The number of aliphatic hydroxyl groups is 1. The van der Waals surface area contributed by atoms with Crippen LogP contribution in [0, 0.1) is 5.92 Å².